The monoisotopic (exact) mass is 366 g/mol. The van der Waals surface area contributed by atoms with Crippen molar-refractivity contribution in [3.8, 4) is 0 Å². The van der Waals surface area contributed by atoms with E-state index in [1.165, 1.54) is 5.06 Å². The first kappa shape index (κ1) is 18.0. The summed E-state index contributed by atoms with van der Waals surface area (Å²) in [6.07, 6.45) is 0. The molecule has 1 aliphatic heterocycles. The molecule has 1 N–H and O–H groups in total. The quantitative estimate of drug-likeness (QED) is 0.870. The first-order chi connectivity index (χ1) is 10.2. The van der Waals surface area contributed by atoms with Gasteiger partial charge in [-0.25, -0.2) is 13.1 Å². The van der Waals surface area contributed by atoms with Crippen molar-refractivity contribution in [3.63, 3.8) is 0 Å². The normalized spacial score (nSPS) is 23.4. The fourth-order valence-corrected chi connectivity index (χ4v) is 4.49. The van der Waals surface area contributed by atoms with Crippen LogP contribution in [0.1, 0.15) is 25.5 Å². The zero-order valence-electron chi connectivity index (χ0n) is 12.7. The van der Waals surface area contributed by atoms with Crippen molar-refractivity contribution in [2.45, 2.75) is 25.1 Å². The molecule has 0 aliphatic carbocycles. The lowest BCUT2D eigenvalue weighted by atomic mass is 10.0. The minimum atomic E-state index is -3.53. The van der Waals surface area contributed by atoms with Crippen LogP contribution >= 0.6 is 23.2 Å². The number of hydrogen-bond acceptors (Lipinski definition) is 4. The summed E-state index contributed by atoms with van der Waals surface area (Å²) in [5.74, 6) is 0.225. The molecule has 1 heterocycles. The highest BCUT2D eigenvalue weighted by molar-refractivity contribution is 7.90. The fraction of sp³-hybridized carbons (Fsp3) is 0.571. The SMILES string of the molecule is CC(C)CNS(=O)(=O)[C@H]1CON(C)[C@@H]1c1cccc(Cl)c1Cl. The molecule has 0 spiro atoms. The molecule has 0 radical (unpaired) electrons. The van der Waals surface area contributed by atoms with Crippen LogP contribution in [0.4, 0.5) is 0 Å². The van der Waals surface area contributed by atoms with Gasteiger partial charge < -0.3 is 0 Å². The van der Waals surface area contributed by atoms with Gasteiger partial charge in [0, 0.05) is 13.6 Å². The van der Waals surface area contributed by atoms with Crippen LogP contribution in [0.3, 0.4) is 0 Å². The van der Waals surface area contributed by atoms with Gasteiger partial charge in [0.15, 0.2) is 0 Å². The number of nitrogens with one attached hydrogen (secondary N) is 1. The Morgan fingerprint density at radius 2 is 2.09 bits per heavy atom. The third-order valence-corrected chi connectivity index (χ3v) is 6.17. The van der Waals surface area contributed by atoms with Gasteiger partial charge >= 0.3 is 0 Å². The Hall–Kier alpha value is -0.370. The van der Waals surface area contributed by atoms with Gasteiger partial charge in [-0.3, -0.25) is 4.84 Å². The number of hydrogen-bond donors (Lipinski definition) is 1. The summed E-state index contributed by atoms with van der Waals surface area (Å²) in [6.45, 7) is 4.37. The largest absolute Gasteiger partial charge is 0.297 e. The Bertz CT molecular complexity index is 637. The summed E-state index contributed by atoms with van der Waals surface area (Å²) in [6, 6.07) is 4.69. The highest BCUT2D eigenvalue weighted by Gasteiger charge is 2.44. The van der Waals surface area contributed by atoms with E-state index in [4.69, 9.17) is 28.0 Å². The second kappa shape index (κ2) is 7.03. The van der Waals surface area contributed by atoms with Crippen LogP contribution in [0.25, 0.3) is 0 Å². The molecular weight excluding hydrogens is 347 g/mol. The van der Waals surface area contributed by atoms with Crippen LogP contribution in [0.2, 0.25) is 10.0 Å². The van der Waals surface area contributed by atoms with Crippen molar-refractivity contribution in [2.24, 2.45) is 5.92 Å². The van der Waals surface area contributed by atoms with Crippen molar-refractivity contribution < 1.29 is 13.3 Å². The molecule has 1 aromatic rings. The van der Waals surface area contributed by atoms with Crippen molar-refractivity contribution in [2.75, 3.05) is 20.2 Å². The predicted octanol–water partition coefficient (Wildman–Crippen LogP) is 2.86. The number of nitrogens with zero attached hydrogens (tertiary/aromatic N) is 1. The van der Waals surface area contributed by atoms with Gasteiger partial charge in [0.25, 0.3) is 0 Å². The molecule has 124 valence electrons. The summed E-state index contributed by atoms with van der Waals surface area (Å²) in [5.41, 5.74) is 0.647. The Morgan fingerprint density at radius 1 is 1.41 bits per heavy atom. The predicted molar refractivity (Wildman–Crippen MR) is 88.5 cm³/mol. The molecule has 0 saturated carbocycles. The van der Waals surface area contributed by atoms with Crippen LogP contribution < -0.4 is 4.72 Å². The Morgan fingerprint density at radius 3 is 2.73 bits per heavy atom. The van der Waals surface area contributed by atoms with Gasteiger partial charge in [-0.15, -0.1) is 0 Å². The van der Waals surface area contributed by atoms with Gasteiger partial charge in [0.05, 0.1) is 22.7 Å². The smallest absolute Gasteiger partial charge is 0.218 e. The molecule has 1 aliphatic rings. The van der Waals surface area contributed by atoms with Crippen molar-refractivity contribution in [1.82, 2.24) is 9.79 Å². The molecule has 2 atom stereocenters. The van der Waals surface area contributed by atoms with E-state index in [0.717, 1.165) is 0 Å². The maximum absolute atomic E-state index is 12.6. The van der Waals surface area contributed by atoms with Gasteiger partial charge in [-0.05, 0) is 17.5 Å². The summed E-state index contributed by atoms with van der Waals surface area (Å²) < 4.78 is 27.8. The standard InChI is InChI=1S/C14H20Cl2N2O3S/c1-9(2)7-17-22(19,20)12-8-21-18(3)14(12)10-5-4-6-11(15)13(10)16/h4-6,9,12,14,17H,7-8H2,1-3H3/t12-,14+/m0/s1. The van der Waals surface area contributed by atoms with E-state index in [1.54, 1.807) is 25.2 Å². The summed E-state index contributed by atoms with van der Waals surface area (Å²) in [4.78, 5) is 5.43. The van der Waals surface area contributed by atoms with E-state index in [1.807, 2.05) is 13.8 Å². The first-order valence-corrected chi connectivity index (χ1v) is 9.32. The Labute approximate surface area is 141 Å². The van der Waals surface area contributed by atoms with Crippen LogP contribution in [0.5, 0.6) is 0 Å². The van der Waals surface area contributed by atoms with Crippen molar-refractivity contribution in [3.05, 3.63) is 33.8 Å². The van der Waals surface area contributed by atoms with E-state index >= 15 is 0 Å². The highest BCUT2D eigenvalue weighted by Crippen LogP contribution is 2.39. The van der Waals surface area contributed by atoms with Crippen molar-refractivity contribution >= 4 is 33.2 Å². The molecular formula is C14H20Cl2N2O3S. The van der Waals surface area contributed by atoms with Crippen LogP contribution in [0.15, 0.2) is 18.2 Å². The Kier molecular flexibility index (Phi) is 5.74. The molecule has 1 fully saturated rings. The average Bonchev–Trinajstić information content (AvgIpc) is 2.82. The minimum Gasteiger partial charge on any atom is -0.297 e. The molecule has 1 saturated heterocycles. The fourth-order valence-electron chi connectivity index (χ4n) is 2.39. The molecule has 5 nitrogen and oxygen atoms in total. The second-order valence-electron chi connectivity index (χ2n) is 5.76. The lowest BCUT2D eigenvalue weighted by Gasteiger charge is -2.24. The van der Waals surface area contributed by atoms with E-state index in [0.29, 0.717) is 22.2 Å². The molecule has 0 aromatic heterocycles. The number of rotatable bonds is 5. The summed E-state index contributed by atoms with van der Waals surface area (Å²) in [7, 11) is -1.84. The molecule has 2 rings (SSSR count). The number of benzene rings is 1. The number of halogens is 2. The number of hydroxylamine groups is 2. The van der Waals surface area contributed by atoms with Crippen LogP contribution in [-0.4, -0.2) is 38.9 Å². The third-order valence-electron chi connectivity index (χ3n) is 3.58. The maximum Gasteiger partial charge on any atom is 0.218 e. The Balaban J connectivity index is 2.34. The number of sulfonamides is 1. The van der Waals surface area contributed by atoms with E-state index in [2.05, 4.69) is 4.72 Å². The zero-order chi connectivity index (χ0) is 16.5. The van der Waals surface area contributed by atoms with Gasteiger partial charge in [-0.1, -0.05) is 49.2 Å². The summed E-state index contributed by atoms with van der Waals surface area (Å²) >= 11 is 12.3. The topological polar surface area (TPSA) is 58.6 Å². The van der Waals surface area contributed by atoms with E-state index in [9.17, 15) is 8.42 Å². The molecule has 0 bridgehead atoms. The van der Waals surface area contributed by atoms with Gasteiger partial charge in [0.2, 0.25) is 10.0 Å². The van der Waals surface area contributed by atoms with Gasteiger partial charge in [0.1, 0.15) is 5.25 Å². The van der Waals surface area contributed by atoms with Crippen molar-refractivity contribution in [1.29, 1.82) is 0 Å². The molecule has 8 heteroatoms. The average molecular weight is 367 g/mol. The lowest BCUT2D eigenvalue weighted by Crippen LogP contribution is -2.40. The zero-order valence-corrected chi connectivity index (χ0v) is 15.0. The van der Waals surface area contributed by atoms with Crippen LogP contribution in [0, 0.1) is 5.92 Å². The summed E-state index contributed by atoms with van der Waals surface area (Å²) in [5, 5.41) is 1.53. The minimum absolute atomic E-state index is 0.0808. The van der Waals surface area contributed by atoms with E-state index in [-0.39, 0.29) is 12.5 Å². The highest BCUT2D eigenvalue weighted by atomic mass is 35.5. The molecule has 0 amide bonds. The maximum atomic E-state index is 12.6. The van der Waals surface area contributed by atoms with Gasteiger partial charge in [-0.2, -0.15) is 5.06 Å². The molecule has 1 aromatic carbocycles. The van der Waals surface area contributed by atoms with E-state index < -0.39 is 21.3 Å². The molecule has 22 heavy (non-hydrogen) atoms. The first-order valence-electron chi connectivity index (χ1n) is 7.02. The van der Waals surface area contributed by atoms with Crippen LogP contribution in [-0.2, 0) is 14.9 Å². The lowest BCUT2D eigenvalue weighted by molar-refractivity contribution is -0.110. The second-order valence-corrected chi connectivity index (χ2v) is 8.52. The third kappa shape index (κ3) is 3.75. The molecule has 0 unspecified atom stereocenters.